The van der Waals surface area contributed by atoms with Crippen LogP contribution >= 0.6 is 0 Å². The number of carbonyl (C=O) groups is 2. The van der Waals surface area contributed by atoms with Gasteiger partial charge in [0.1, 0.15) is 5.82 Å². The number of halogens is 7. The Labute approximate surface area is 230 Å². The van der Waals surface area contributed by atoms with Crippen molar-refractivity contribution in [1.82, 2.24) is 15.1 Å². The molecule has 2 aliphatic heterocycles. The second-order valence-corrected chi connectivity index (χ2v) is 9.82. The van der Waals surface area contributed by atoms with E-state index in [9.17, 15) is 45.4 Å². The molecule has 224 valence electrons. The Balaban J connectivity index is 1.31. The molecule has 0 radical (unpaired) electrons. The summed E-state index contributed by atoms with van der Waals surface area (Å²) in [5, 5.41) is 14.6. The van der Waals surface area contributed by atoms with Gasteiger partial charge in [-0.25, -0.2) is 9.18 Å². The van der Waals surface area contributed by atoms with Crippen LogP contribution in [-0.4, -0.2) is 84.6 Å². The molecule has 0 aromatic heterocycles. The van der Waals surface area contributed by atoms with E-state index in [4.69, 9.17) is 4.74 Å². The molecule has 0 saturated carbocycles. The van der Waals surface area contributed by atoms with Crippen molar-refractivity contribution >= 4 is 17.6 Å². The van der Waals surface area contributed by atoms with Gasteiger partial charge in [0.05, 0.1) is 18.3 Å². The van der Waals surface area contributed by atoms with E-state index >= 15 is 0 Å². The van der Waals surface area contributed by atoms with Crippen LogP contribution in [-0.2, 0) is 16.9 Å². The number of carbonyl (C=O) groups excluding carboxylic acids is 2. The lowest BCUT2D eigenvalue weighted by atomic mass is 9.91. The predicted molar refractivity (Wildman–Crippen MR) is 131 cm³/mol. The van der Waals surface area contributed by atoms with E-state index < -0.39 is 41.3 Å². The molecule has 2 aromatic carbocycles. The van der Waals surface area contributed by atoms with Crippen molar-refractivity contribution < 1.29 is 50.2 Å². The standard InChI is InChI=1S/C26H27F7N4O4/c27-20-13-17(3-6-21(20)35-23(39)34-19-7-12-41-15-19)22(38)37-10-8-36(9-11-37)14-16-1-4-18(5-2-16)24(40,25(28,29)30)26(31,32)33/h1-6,13,19,40H,7-12,14-15H2,(H2,34,35,39)/t19-/m1/s1. The molecule has 41 heavy (non-hydrogen) atoms. The molecule has 2 fully saturated rings. The third-order valence-corrected chi connectivity index (χ3v) is 6.99. The molecule has 2 heterocycles. The fourth-order valence-corrected chi connectivity index (χ4v) is 4.63. The first-order valence-electron chi connectivity index (χ1n) is 12.6. The summed E-state index contributed by atoms with van der Waals surface area (Å²) >= 11 is 0. The lowest BCUT2D eigenvalue weighted by Gasteiger charge is -2.35. The average molecular weight is 593 g/mol. The van der Waals surface area contributed by atoms with Crippen molar-refractivity contribution in [3.8, 4) is 0 Å². The summed E-state index contributed by atoms with van der Waals surface area (Å²) in [6.07, 6.45) is -11.3. The minimum absolute atomic E-state index is 0.0727. The molecule has 0 aliphatic carbocycles. The SMILES string of the molecule is O=C(Nc1ccc(C(=O)N2CCN(Cc3ccc(C(O)(C(F)(F)F)C(F)(F)F)cc3)CC2)cc1F)N[C@@H]1CCOC1. The molecule has 15 heteroatoms. The van der Waals surface area contributed by atoms with Crippen molar-refractivity contribution in [3.05, 3.63) is 65.0 Å². The van der Waals surface area contributed by atoms with Gasteiger partial charge in [-0.15, -0.1) is 0 Å². The third-order valence-electron chi connectivity index (χ3n) is 6.99. The maximum atomic E-state index is 14.6. The number of nitrogens with zero attached hydrogens (tertiary/aromatic N) is 2. The predicted octanol–water partition coefficient (Wildman–Crippen LogP) is 4.01. The molecule has 8 nitrogen and oxygen atoms in total. The number of piperazine rings is 1. The number of rotatable bonds is 6. The molecular weight excluding hydrogens is 565 g/mol. The van der Waals surface area contributed by atoms with Crippen LogP contribution in [0.15, 0.2) is 42.5 Å². The van der Waals surface area contributed by atoms with E-state index in [-0.39, 0.29) is 36.9 Å². The van der Waals surface area contributed by atoms with Crippen LogP contribution in [0.3, 0.4) is 0 Å². The zero-order chi connectivity index (χ0) is 30.0. The van der Waals surface area contributed by atoms with Crippen molar-refractivity contribution in [1.29, 1.82) is 0 Å². The first-order chi connectivity index (χ1) is 19.2. The Morgan fingerprint density at radius 3 is 2.12 bits per heavy atom. The Kier molecular flexibility index (Phi) is 8.80. The van der Waals surface area contributed by atoms with Gasteiger partial charge in [-0.2, -0.15) is 26.3 Å². The number of ether oxygens (including phenoxy) is 1. The van der Waals surface area contributed by atoms with E-state index in [0.29, 0.717) is 50.4 Å². The molecule has 3 amide bonds. The Bertz CT molecular complexity index is 1230. The van der Waals surface area contributed by atoms with Gasteiger partial charge >= 0.3 is 18.4 Å². The van der Waals surface area contributed by atoms with Crippen LogP contribution in [0.4, 0.5) is 41.2 Å². The molecule has 1 atom stereocenters. The summed E-state index contributed by atoms with van der Waals surface area (Å²) in [5.41, 5.74) is -5.94. The Morgan fingerprint density at radius 1 is 0.951 bits per heavy atom. The summed E-state index contributed by atoms with van der Waals surface area (Å²) < 4.78 is 98.3. The zero-order valence-electron chi connectivity index (χ0n) is 21.5. The van der Waals surface area contributed by atoms with Gasteiger partial charge in [0.15, 0.2) is 0 Å². The van der Waals surface area contributed by atoms with Gasteiger partial charge in [-0.05, 0) is 30.2 Å². The fourth-order valence-electron chi connectivity index (χ4n) is 4.63. The maximum Gasteiger partial charge on any atom is 0.430 e. The Hall–Kier alpha value is -3.43. The maximum absolute atomic E-state index is 14.6. The summed E-state index contributed by atoms with van der Waals surface area (Å²) in [7, 11) is 0. The lowest BCUT2D eigenvalue weighted by molar-refractivity contribution is -0.376. The number of benzene rings is 2. The van der Waals surface area contributed by atoms with Crippen LogP contribution in [0.25, 0.3) is 0 Å². The number of urea groups is 1. The quantitative estimate of drug-likeness (QED) is 0.441. The molecule has 3 N–H and O–H groups in total. The molecule has 0 unspecified atom stereocenters. The number of anilines is 1. The van der Waals surface area contributed by atoms with Crippen LogP contribution in [0.1, 0.15) is 27.9 Å². The minimum Gasteiger partial charge on any atom is -0.379 e. The largest absolute Gasteiger partial charge is 0.430 e. The monoisotopic (exact) mass is 592 g/mol. The second-order valence-electron chi connectivity index (χ2n) is 9.82. The zero-order valence-corrected chi connectivity index (χ0v) is 21.5. The topological polar surface area (TPSA) is 94.1 Å². The van der Waals surface area contributed by atoms with E-state index in [0.717, 1.165) is 18.2 Å². The molecule has 0 spiro atoms. The van der Waals surface area contributed by atoms with Crippen molar-refractivity contribution in [3.63, 3.8) is 0 Å². The molecule has 2 aromatic rings. The van der Waals surface area contributed by atoms with Crippen LogP contribution in [0.5, 0.6) is 0 Å². The third kappa shape index (κ3) is 6.73. The van der Waals surface area contributed by atoms with Gasteiger partial charge in [0, 0.05) is 50.5 Å². The van der Waals surface area contributed by atoms with E-state index in [2.05, 4.69) is 10.6 Å². The molecular formula is C26H27F7N4O4. The highest BCUT2D eigenvalue weighted by atomic mass is 19.4. The first-order valence-corrected chi connectivity index (χ1v) is 12.6. The summed E-state index contributed by atoms with van der Waals surface area (Å²) in [6, 6.07) is 6.27. The van der Waals surface area contributed by atoms with Crippen molar-refractivity contribution in [2.24, 2.45) is 0 Å². The summed E-state index contributed by atoms with van der Waals surface area (Å²) in [6.45, 7) is 2.25. The van der Waals surface area contributed by atoms with Crippen molar-refractivity contribution in [2.75, 3.05) is 44.7 Å². The average Bonchev–Trinajstić information content (AvgIpc) is 3.41. The molecule has 0 bridgehead atoms. The van der Waals surface area contributed by atoms with Crippen LogP contribution < -0.4 is 10.6 Å². The Morgan fingerprint density at radius 2 is 1.59 bits per heavy atom. The number of hydrogen-bond acceptors (Lipinski definition) is 5. The smallest absolute Gasteiger partial charge is 0.379 e. The van der Waals surface area contributed by atoms with Crippen molar-refractivity contribution in [2.45, 2.75) is 37.0 Å². The number of amides is 3. The lowest BCUT2D eigenvalue weighted by Crippen LogP contribution is -2.53. The highest BCUT2D eigenvalue weighted by Gasteiger charge is 2.71. The molecule has 2 aliphatic rings. The van der Waals surface area contributed by atoms with Gasteiger partial charge in [0.2, 0.25) is 0 Å². The minimum atomic E-state index is -5.96. The van der Waals surface area contributed by atoms with Gasteiger partial charge in [-0.1, -0.05) is 24.3 Å². The van der Waals surface area contributed by atoms with E-state index in [1.807, 2.05) is 4.90 Å². The van der Waals surface area contributed by atoms with Crippen LogP contribution in [0.2, 0.25) is 0 Å². The first kappa shape index (κ1) is 30.5. The second kappa shape index (κ2) is 11.8. The normalized spacial score (nSPS) is 18.8. The number of alkyl halides is 6. The molecule has 2 saturated heterocycles. The summed E-state index contributed by atoms with van der Waals surface area (Å²) in [5.74, 6) is -1.23. The fraction of sp³-hybridized carbons (Fsp3) is 0.462. The van der Waals surface area contributed by atoms with E-state index in [1.54, 1.807) is 0 Å². The summed E-state index contributed by atoms with van der Waals surface area (Å²) in [4.78, 5) is 28.3. The van der Waals surface area contributed by atoms with Crippen LogP contribution in [0, 0.1) is 5.82 Å². The van der Waals surface area contributed by atoms with Gasteiger partial charge in [0.25, 0.3) is 11.5 Å². The van der Waals surface area contributed by atoms with E-state index in [1.165, 1.54) is 17.0 Å². The van der Waals surface area contributed by atoms with Gasteiger partial charge < -0.3 is 25.4 Å². The highest BCUT2D eigenvalue weighted by Crippen LogP contribution is 2.50. The van der Waals surface area contributed by atoms with Gasteiger partial charge in [-0.3, -0.25) is 9.69 Å². The number of nitrogens with one attached hydrogen (secondary N) is 2. The highest BCUT2D eigenvalue weighted by molar-refractivity contribution is 5.95. The molecule has 4 rings (SSSR count). The number of hydrogen-bond donors (Lipinski definition) is 3. The number of aliphatic hydroxyl groups is 1.